The van der Waals surface area contributed by atoms with Gasteiger partial charge < -0.3 is 10.6 Å². The van der Waals surface area contributed by atoms with Crippen LogP contribution in [-0.2, 0) is 13.1 Å². The number of nitrogens with two attached hydrogens (primary N) is 1. The summed E-state index contributed by atoms with van der Waals surface area (Å²) in [7, 11) is 0. The van der Waals surface area contributed by atoms with Crippen molar-refractivity contribution in [2.24, 2.45) is 5.73 Å². The number of fused-ring (bicyclic) bond motifs is 9. The molecule has 3 N–H and O–H groups in total. The first-order chi connectivity index (χ1) is 22.6. The molecule has 8 aromatic carbocycles. The summed E-state index contributed by atoms with van der Waals surface area (Å²) in [4.78, 5) is 2.03. The summed E-state index contributed by atoms with van der Waals surface area (Å²) >= 11 is 0. The number of hydrogen-bond donors (Lipinski definition) is 2. The number of rotatable bonds is 2. The molecule has 0 bridgehead atoms. The summed E-state index contributed by atoms with van der Waals surface area (Å²) in [6.07, 6.45) is 0. The molecular weight excluding hydrogens is 558 g/mol. The molecule has 0 aromatic heterocycles. The van der Waals surface area contributed by atoms with Gasteiger partial charge in [-0.25, -0.2) is 0 Å². The van der Waals surface area contributed by atoms with Crippen LogP contribution in [0.5, 0.6) is 0 Å². The Balaban J connectivity index is 1.43. The summed E-state index contributed by atoms with van der Waals surface area (Å²) in [5.41, 5.74) is 16.0. The monoisotopic (exact) mass is 589 g/mol. The largest absolute Gasteiger partial charge is 0.370 e. The molecule has 0 radical (unpaired) electrons. The van der Waals surface area contributed by atoms with E-state index in [1.165, 1.54) is 87.6 Å². The van der Waals surface area contributed by atoms with Crippen molar-refractivity contribution in [2.45, 2.75) is 13.1 Å². The summed E-state index contributed by atoms with van der Waals surface area (Å²) in [6.45, 7) is 1.08. The molecule has 46 heavy (non-hydrogen) atoms. The highest BCUT2D eigenvalue weighted by atomic mass is 15.2. The second kappa shape index (κ2) is 10.3. The molecule has 0 atom stereocenters. The van der Waals surface area contributed by atoms with Gasteiger partial charge >= 0.3 is 0 Å². The first-order valence-corrected chi connectivity index (χ1v) is 15.8. The fourth-order valence-corrected chi connectivity index (χ4v) is 7.52. The SMILES string of the molecule is N=C(N)N1Cc2c(-c3ccc4ccccc4c3)cc3ccccc3c2-c2c(c(-c3ccc4ccccc4c3)cc3ccccc23)C1. The lowest BCUT2D eigenvalue weighted by molar-refractivity contribution is 0.405. The van der Waals surface area contributed by atoms with Gasteiger partial charge in [0, 0.05) is 13.1 Å². The molecule has 3 heteroatoms. The Labute approximate surface area is 267 Å². The van der Waals surface area contributed by atoms with E-state index in [9.17, 15) is 0 Å². The van der Waals surface area contributed by atoms with Crippen molar-refractivity contribution in [1.29, 1.82) is 5.41 Å². The van der Waals surface area contributed by atoms with E-state index in [4.69, 9.17) is 11.1 Å². The molecule has 0 saturated carbocycles. The van der Waals surface area contributed by atoms with Gasteiger partial charge in [0.1, 0.15) is 0 Å². The van der Waals surface area contributed by atoms with Crippen molar-refractivity contribution in [2.75, 3.05) is 0 Å². The van der Waals surface area contributed by atoms with E-state index in [1.54, 1.807) is 0 Å². The van der Waals surface area contributed by atoms with E-state index >= 15 is 0 Å². The van der Waals surface area contributed by atoms with Crippen LogP contribution in [0.2, 0.25) is 0 Å². The molecule has 0 aliphatic carbocycles. The van der Waals surface area contributed by atoms with Crippen LogP contribution in [0.3, 0.4) is 0 Å². The van der Waals surface area contributed by atoms with Crippen LogP contribution >= 0.6 is 0 Å². The van der Waals surface area contributed by atoms with Crippen molar-refractivity contribution < 1.29 is 0 Å². The minimum atomic E-state index is 0.0778. The van der Waals surface area contributed by atoms with Gasteiger partial charge in [-0.3, -0.25) is 5.41 Å². The first kappa shape index (κ1) is 26.5. The lowest BCUT2D eigenvalue weighted by Gasteiger charge is -2.24. The van der Waals surface area contributed by atoms with Crippen LogP contribution in [-0.4, -0.2) is 10.9 Å². The number of benzene rings is 8. The molecule has 1 aliphatic rings. The molecule has 8 aromatic rings. The van der Waals surface area contributed by atoms with Gasteiger partial charge in [-0.1, -0.05) is 121 Å². The molecule has 3 nitrogen and oxygen atoms in total. The molecule has 9 rings (SSSR count). The molecule has 0 spiro atoms. The molecule has 1 heterocycles. The van der Waals surface area contributed by atoms with Crippen LogP contribution in [0.15, 0.2) is 146 Å². The maximum absolute atomic E-state index is 8.76. The van der Waals surface area contributed by atoms with Crippen molar-refractivity contribution in [3.05, 3.63) is 157 Å². The van der Waals surface area contributed by atoms with Gasteiger partial charge in [0.2, 0.25) is 0 Å². The van der Waals surface area contributed by atoms with E-state index in [1.807, 2.05) is 4.90 Å². The smallest absolute Gasteiger partial charge is 0.188 e. The van der Waals surface area contributed by atoms with Crippen LogP contribution < -0.4 is 5.73 Å². The normalized spacial score (nSPS) is 12.7. The molecule has 1 aliphatic heterocycles. The second-order valence-corrected chi connectivity index (χ2v) is 12.4. The Bertz CT molecular complexity index is 2360. The molecule has 0 amide bonds. The summed E-state index contributed by atoms with van der Waals surface area (Å²) in [6, 6.07) is 52.7. The lowest BCUT2D eigenvalue weighted by atomic mass is 9.82. The Morgan fingerprint density at radius 2 is 0.848 bits per heavy atom. The van der Waals surface area contributed by atoms with Gasteiger partial charge in [0.05, 0.1) is 0 Å². The molecule has 218 valence electrons. The third kappa shape index (κ3) is 4.17. The third-order valence-electron chi connectivity index (χ3n) is 9.72. The van der Waals surface area contributed by atoms with Crippen molar-refractivity contribution in [3.63, 3.8) is 0 Å². The van der Waals surface area contributed by atoms with Gasteiger partial charge in [0.15, 0.2) is 5.96 Å². The highest BCUT2D eigenvalue weighted by Crippen LogP contribution is 2.48. The average Bonchev–Trinajstić information content (AvgIpc) is 3.29. The minimum Gasteiger partial charge on any atom is -0.370 e. The van der Waals surface area contributed by atoms with E-state index in [2.05, 4.69) is 146 Å². The maximum atomic E-state index is 8.76. The number of nitrogens with one attached hydrogen (secondary N) is 1. The van der Waals surface area contributed by atoms with Gasteiger partial charge in [0.25, 0.3) is 0 Å². The maximum Gasteiger partial charge on any atom is 0.188 e. The quantitative estimate of drug-likeness (QED) is 0.156. The summed E-state index contributed by atoms with van der Waals surface area (Å²) < 4.78 is 0. The van der Waals surface area contributed by atoms with Crippen LogP contribution in [0.4, 0.5) is 0 Å². The topological polar surface area (TPSA) is 53.1 Å². The number of guanidine groups is 1. The first-order valence-electron chi connectivity index (χ1n) is 15.8. The van der Waals surface area contributed by atoms with Gasteiger partial charge in [-0.15, -0.1) is 0 Å². The predicted molar refractivity (Wildman–Crippen MR) is 194 cm³/mol. The highest BCUT2D eigenvalue weighted by Gasteiger charge is 2.29. The zero-order chi connectivity index (χ0) is 30.8. The van der Waals surface area contributed by atoms with E-state index in [0.29, 0.717) is 13.1 Å². The van der Waals surface area contributed by atoms with Crippen molar-refractivity contribution in [1.82, 2.24) is 4.90 Å². The molecule has 0 unspecified atom stereocenters. The van der Waals surface area contributed by atoms with Crippen LogP contribution in [0, 0.1) is 5.41 Å². The van der Waals surface area contributed by atoms with Crippen LogP contribution in [0.25, 0.3) is 76.5 Å². The van der Waals surface area contributed by atoms with E-state index < -0.39 is 0 Å². The zero-order valence-electron chi connectivity index (χ0n) is 25.3. The van der Waals surface area contributed by atoms with E-state index in [-0.39, 0.29) is 5.96 Å². The molecule has 0 saturated heterocycles. The third-order valence-corrected chi connectivity index (χ3v) is 9.72. The fourth-order valence-electron chi connectivity index (χ4n) is 7.52. The van der Waals surface area contributed by atoms with Crippen molar-refractivity contribution >= 4 is 49.0 Å². The van der Waals surface area contributed by atoms with E-state index in [0.717, 1.165) is 0 Å². The van der Waals surface area contributed by atoms with Gasteiger partial charge in [-0.2, -0.15) is 0 Å². The lowest BCUT2D eigenvalue weighted by Crippen LogP contribution is -2.35. The fraction of sp³-hybridized carbons (Fsp3) is 0.0465. The number of hydrogen-bond acceptors (Lipinski definition) is 1. The zero-order valence-corrected chi connectivity index (χ0v) is 25.3. The Hall–Kier alpha value is -5.93. The van der Waals surface area contributed by atoms with Crippen molar-refractivity contribution in [3.8, 4) is 33.4 Å². The second-order valence-electron chi connectivity index (χ2n) is 12.4. The van der Waals surface area contributed by atoms with Gasteiger partial charge in [-0.05, 0) is 112 Å². The Morgan fingerprint density at radius 1 is 0.457 bits per heavy atom. The molecular formula is C43H31N3. The summed E-state index contributed by atoms with van der Waals surface area (Å²) in [5.74, 6) is 0.0778. The summed E-state index contributed by atoms with van der Waals surface area (Å²) in [5, 5.41) is 18.5. The Kier molecular flexibility index (Phi) is 5.94. The standard InChI is InChI=1S/C43H31N3/c44-43(45)46-25-39-37(33-19-17-27-9-1-3-11-29(27)21-33)23-31-13-5-7-15-35(31)41(39)42-36-16-8-6-14-32(36)24-38(40(42)26-46)34-20-18-28-10-2-4-12-30(28)22-34/h1-24H,25-26H2,(H3,44,45). The van der Waals surface area contributed by atoms with Crippen LogP contribution in [0.1, 0.15) is 11.1 Å². The predicted octanol–water partition coefficient (Wildman–Crippen LogP) is 10.5. The average molecular weight is 590 g/mol. The highest BCUT2D eigenvalue weighted by molar-refractivity contribution is 6.12. The Morgan fingerprint density at radius 3 is 1.28 bits per heavy atom. The minimum absolute atomic E-state index is 0.0778. The number of nitrogens with zero attached hydrogens (tertiary/aromatic N) is 1. The molecule has 0 fully saturated rings.